The first-order valence-electron chi connectivity index (χ1n) is 11.8. The Labute approximate surface area is 202 Å². The average Bonchev–Trinajstić information content (AvgIpc) is 2.88. The largest absolute Gasteiger partial charge is 0.310 e. The van der Waals surface area contributed by atoms with Crippen LogP contribution >= 0.6 is 0 Å². The van der Waals surface area contributed by atoms with Crippen LogP contribution in [0.2, 0.25) is 0 Å². The zero-order valence-corrected chi connectivity index (χ0v) is 21.2. The lowest BCUT2D eigenvalue weighted by molar-refractivity contribution is 1.27. The summed E-state index contributed by atoms with van der Waals surface area (Å²) in [5.74, 6) is 0. The lowest BCUT2D eigenvalue weighted by atomic mass is 10.0. The Bertz CT molecular complexity index is 1040. The van der Waals surface area contributed by atoms with Crippen LogP contribution in [0.1, 0.15) is 51.3 Å². The molecule has 0 N–H and O–H groups in total. The Hall–Kier alpha value is -3.58. The van der Waals surface area contributed by atoms with Crippen molar-refractivity contribution >= 4 is 28.7 Å². The molecule has 0 fully saturated rings. The Morgan fingerprint density at radius 3 is 1.88 bits per heavy atom. The van der Waals surface area contributed by atoms with Gasteiger partial charge in [-0.05, 0) is 72.5 Å². The highest BCUT2D eigenvalue weighted by Crippen LogP contribution is 2.36. The summed E-state index contributed by atoms with van der Waals surface area (Å²) in [4.78, 5) is 2.28. The van der Waals surface area contributed by atoms with Gasteiger partial charge in [0.25, 0.3) is 0 Å². The number of hydrogen-bond acceptors (Lipinski definition) is 1. The molecule has 1 nitrogen and oxygen atoms in total. The molecule has 0 aliphatic carbocycles. The number of benzene rings is 3. The molecule has 0 aliphatic rings. The summed E-state index contributed by atoms with van der Waals surface area (Å²) >= 11 is 0. The fourth-order valence-electron chi connectivity index (χ4n) is 3.36. The van der Waals surface area contributed by atoms with Crippen molar-refractivity contribution in [1.29, 1.82) is 0 Å². The minimum absolute atomic E-state index is 1.06. The van der Waals surface area contributed by atoms with Crippen LogP contribution in [0, 0.1) is 6.92 Å². The summed E-state index contributed by atoms with van der Waals surface area (Å²) in [7, 11) is 0. The van der Waals surface area contributed by atoms with Gasteiger partial charge in [0.15, 0.2) is 0 Å². The quantitative estimate of drug-likeness (QED) is 0.332. The SMILES string of the molecule is C=C/C=C(\C=C)c1ccc(N(c2ccccc2)c2ccc(C)c(/C=C\C)c2)cc1.CC.CC. The normalized spacial score (nSPS) is 10.4. The second-order valence-electron chi connectivity index (χ2n) is 6.82. The van der Waals surface area contributed by atoms with Gasteiger partial charge in [-0.15, -0.1) is 0 Å². The summed E-state index contributed by atoms with van der Waals surface area (Å²) < 4.78 is 0. The van der Waals surface area contributed by atoms with E-state index in [1.165, 1.54) is 11.1 Å². The molecule has 0 spiro atoms. The molecule has 172 valence electrons. The molecule has 0 saturated heterocycles. The number of anilines is 3. The molecule has 0 bridgehead atoms. The van der Waals surface area contributed by atoms with Gasteiger partial charge in [0.05, 0.1) is 0 Å². The molecule has 0 saturated carbocycles. The fourth-order valence-corrected chi connectivity index (χ4v) is 3.36. The predicted octanol–water partition coefficient (Wildman–Crippen LogP) is 10.3. The number of aryl methyl sites for hydroxylation is 1. The molecule has 0 amide bonds. The number of rotatable bonds is 7. The number of para-hydroxylation sites is 1. The Kier molecular flexibility index (Phi) is 12.7. The second kappa shape index (κ2) is 15.3. The van der Waals surface area contributed by atoms with Gasteiger partial charge in [0, 0.05) is 17.1 Å². The lowest BCUT2D eigenvalue weighted by Crippen LogP contribution is -2.10. The van der Waals surface area contributed by atoms with Crippen molar-refractivity contribution in [2.45, 2.75) is 41.5 Å². The third kappa shape index (κ3) is 7.50. The Morgan fingerprint density at radius 1 is 0.758 bits per heavy atom. The highest BCUT2D eigenvalue weighted by atomic mass is 15.1. The zero-order valence-electron chi connectivity index (χ0n) is 21.2. The van der Waals surface area contributed by atoms with E-state index >= 15 is 0 Å². The maximum Gasteiger partial charge on any atom is 0.0467 e. The van der Waals surface area contributed by atoms with E-state index in [4.69, 9.17) is 0 Å². The van der Waals surface area contributed by atoms with Crippen molar-refractivity contribution in [2.24, 2.45) is 0 Å². The molecular weight excluding hydrogens is 398 g/mol. The van der Waals surface area contributed by atoms with Crippen LogP contribution in [-0.4, -0.2) is 0 Å². The van der Waals surface area contributed by atoms with Crippen molar-refractivity contribution in [1.82, 2.24) is 0 Å². The smallest absolute Gasteiger partial charge is 0.0467 e. The van der Waals surface area contributed by atoms with Gasteiger partial charge in [-0.3, -0.25) is 0 Å². The van der Waals surface area contributed by atoms with Crippen molar-refractivity contribution < 1.29 is 0 Å². The van der Waals surface area contributed by atoms with Crippen LogP contribution in [0.5, 0.6) is 0 Å². The van der Waals surface area contributed by atoms with E-state index in [1.54, 1.807) is 6.08 Å². The van der Waals surface area contributed by atoms with Crippen molar-refractivity contribution in [3.63, 3.8) is 0 Å². The third-order valence-electron chi connectivity index (χ3n) is 4.86. The fraction of sp³-hybridized carbons (Fsp3) is 0.188. The second-order valence-corrected chi connectivity index (χ2v) is 6.82. The molecule has 3 aromatic carbocycles. The summed E-state index contributed by atoms with van der Waals surface area (Å²) in [6.45, 7) is 19.9. The first-order valence-corrected chi connectivity index (χ1v) is 11.8. The van der Waals surface area contributed by atoms with E-state index in [1.807, 2.05) is 52.8 Å². The van der Waals surface area contributed by atoms with Gasteiger partial charge in [-0.1, -0.05) is 108 Å². The van der Waals surface area contributed by atoms with E-state index in [-0.39, 0.29) is 0 Å². The summed E-state index contributed by atoms with van der Waals surface area (Å²) in [6.07, 6.45) is 9.85. The molecule has 0 atom stereocenters. The topological polar surface area (TPSA) is 3.24 Å². The predicted molar refractivity (Wildman–Crippen MR) is 152 cm³/mol. The van der Waals surface area contributed by atoms with Crippen molar-refractivity contribution in [3.8, 4) is 0 Å². The molecule has 0 aromatic heterocycles. The Balaban J connectivity index is 0.00000129. The minimum atomic E-state index is 1.06. The molecule has 33 heavy (non-hydrogen) atoms. The van der Waals surface area contributed by atoms with Crippen LogP contribution in [0.4, 0.5) is 17.1 Å². The lowest BCUT2D eigenvalue weighted by Gasteiger charge is -2.26. The van der Waals surface area contributed by atoms with E-state index < -0.39 is 0 Å². The molecule has 0 unspecified atom stereocenters. The van der Waals surface area contributed by atoms with Crippen LogP contribution in [0.3, 0.4) is 0 Å². The van der Waals surface area contributed by atoms with Gasteiger partial charge in [0.2, 0.25) is 0 Å². The average molecular weight is 438 g/mol. The molecular formula is C32H39N. The molecule has 3 rings (SSSR count). The van der Waals surface area contributed by atoms with Gasteiger partial charge < -0.3 is 4.90 Å². The standard InChI is InChI=1S/C28H27N.2C2H6/c1-5-11-23(7-3)24-16-19-27(20-17-24)29(26-13-9-8-10-14-26)28-18-15-22(4)25(21-28)12-6-2;2*1-2/h5-21H,1,3H2,2,4H3;2*1-2H3/b12-6-,23-11+;;. The number of allylic oxidation sites excluding steroid dienone is 5. The van der Waals surface area contributed by atoms with Gasteiger partial charge in [-0.25, -0.2) is 0 Å². The van der Waals surface area contributed by atoms with Crippen molar-refractivity contribution in [2.75, 3.05) is 4.90 Å². The molecule has 0 heterocycles. The first-order chi connectivity index (χ1) is 16.2. The van der Waals surface area contributed by atoms with Crippen LogP contribution in [0.15, 0.2) is 110 Å². The zero-order chi connectivity index (χ0) is 24.6. The van der Waals surface area contributed by atoms with Gasteiger partial charge in [0.1, 0.15) is 0 Å². The van der Waals surface area contributed by atoms with Gasteiger partial charge >= 0.3 is 0 Å². The number of nitrogens with zero attached hydrogens (tertiary/aromatic N) is 1. The maximum atomic E-state index is 3.91. The van der Waals surface area contributed by atoms with E-state index in [2.05, 4.69) is 104 Å². The summed E-state index contributed by atoms with van der Waals surface area (Å²) in [5, 5.41) is 0. The maximum absolute atomic E-state index is 3.91. The molecule has 3 aromatic rings. The van der Waals surface area contributed by atoms with E-state index in [0.717, 1.165) is 28.2 Å². The van der Waals surface area contributed by atoms with Crippen LogP contribution < -0.4 is 4.90 Å². The minimum Gasteiger partial charge on any atom is -0.310 e. The highest BCUT2D eigenvalue weighted by Gasteiger charge is 2.13. The third-order valence-corrected chi connectivity index (χ3v) is 4.86. The van der Waals surface area contributed by atoms with Crippen LogP contribution in [0.25, 0.3) is 11.6 Å². The van der Waals surface area contributed by atoms with Crippen LogP contribution in [-0.2, 0) is 0 Å². The van der Waals surface area contributed by atoms with E-state index in [0.29, 0.717) is 0 Å². The Morgan fingerprint density at radius 2 is 1.33 bits per heavy atom. The highest BCUT2D eigenvalue weighted by molar-refractivity contribution is 5.81. The summed E-state index contributed by atoms with van der Waals surface area (Å²) in [5.41, 5.74) is 8.04. The number of hydrogen-bond donors (Lipinski definition) is 0. The molecule has 1 heteroatoms. The van der Waals surface area contributed by atoms with Crippen molar-refractivity contribution in [3.05, 3.63) is 127 Å². The molecule has 0 aliphatic heterocycles. The van der Waals surface area contributed by atoms with E-state index in [9.17, 15) is 0 Å². The summed E-state index contributed by atoms with van der Waals surface area (Å²) in [6, 6.07) is 25.6. The monoisotopic (exact) mass is 437 g/mol. The molecule has 0 radical (unpaired) electrons. The first kappa shape index (κ1) is 27.5. The van der Waals surface area contributed by atoms with Gasteiger partial charge in [-0.2, -0.15) is 0 Å².